The highest BCUT2D eigenvalue weighted by atomic mass is 16.6. The molecule has 0 aliphatic heterocycles. The third kappa shape index (κ3) is 8.56. The molecule has 25 heavy (non-hydrogen) atoms. The number of imidazole rings is 1. The number of amides is 1. The molecule has 0 fully saturated rings. The van der Waals surface area contributed by atoms with Gasteiger partial charge in [0, 0.05) is 18.9 Å². The molecule has 0 saturated heterocycles. The molecule has 0 spiro atoms. The number of aromatic nitrogens is 2. The van der Waals surface area contributed by atoms with Gasteiger partial charge in [-0.05, 0) is 45.4 Å². The summed E-state index contributed by atoms with van der Waals surface area (Å²) in [4.78, 5) is 27.5. The van der Waals surface area contributed by atoms with Gasteiger partial charge in [0.15, 0.2) is 0 Å². The molecule has 7 nitrogen and oxygen atoms in total. The minimum atomic E-state index is -0.497. The summed E-state index contributed by atoms with van der Waals surface area (Å²) in [7, 11) is 0. The lowest BCUT2D eigenvalue weighted by atomic mass is 9.86. The fourth-order valence-electron chi connectivity index (χ4n) is 2.18. The molecule has 1 aromatic heterocycles. The van der Waals surface area contributed by atoms with Crippen molar-refractivity contribution in [3.8, 4) is 0 Å². The quantitative estimate of drug-likeness (QED) is 0.782. The molecule has 1 aromatic rings. The van der Waals surface area contributed by atoms with Gasteiger partial charge in [-0.15, -0.1) is 0 Å². The lowest BCUT2D eigenvalue weighted by Crippen LogP contribution is -2.34. The van der Waals surface area contributed by atoms with Gasteiger partial charge in [-0.3, -0.25) is 0 Å². The minimum absolute atomic E-state index is 0.172. The van der Waals surface area contributed by atoms with E-state index in [0.717, 1.165) is 19.3 Å². The average molecular weight is 353 g/mol. The Morgan fingerprint density at radius 1 is 1.16 bits per heavy atom. The first kappa shape index (κ1) is 21.0. The Morgan fingerprint density at radius 3 is 2.36 bits per heavy atom. The van der Waals surface area contributed by atoms with E-state index < -0.39 is 17.8 Å². The number of alkyl carbamates (subject to hydrolysis) is 1. The first-order valence-corrected chi connectivity index (χ1v) is 8.65. The number of hydrogen-bond acceptors (Lipinski definition) is 5. The van der Waals surface area contributed by atoms with Crippen LogP contribution in [0, 0.1) is 5.41 Å². The van der Waals surface area contributed by atoms with Crippen molar-refractivity contribution >= 4 is 12.2 Å². The molecule has 0 saturated carbocycles. The molecule has 1 atom stereocenters. The van der Waals surface area contributed by atoms with E-state index in [1.807, 2.05) is 41.5 Å². The molecule has 1 N–H and O–H groups in total. The van der Waals surface area contributed by atoms with Gasteiger partial charge in [-0.25, -0.2) is 19.1 Å². The SMILES string of the molecule is CC(C)(C)OC(=O)NCCCC[C@H](OC(=O)n1ccnc1)C(C)(C)C. The second-order valence-corrected chi connectivity index (χ2v) is 8.13. The maximum Gasteiger partial charge on any atom is 0.419 e. The van der Waals surface area contributed by atoms with Crippen LogP contribution in [-0.4, -0.2) is 40.0 Å². The summed E-state index contributed by atoms with van der Waals surface area (Å²) in [6, 6.07) is 0. The Balaban J connectivity index is 2.37. The normalized spacial score (nSPS) is 13.2. The summed E-state index contributed by atoms with van der Waals surface area (Å²) in [5.41, 5.74) is -0.669. The molecule has 0 aliphatic rings. The predicted molar refractivity (Wildman–Crippen MR) is 95.4 cm³/mol. The first-order chi connectivity index (χ1) is 11.5. The number of nitrogens with zero attached hydrogens (tertiary/aromatic N) is 2. The van der Waals surface area contributed by atoms with E-state index in [1.165, 1.54) is 17.1 Å². The lowest BCUT2D eigenvalue weighted by molar-refractivity contribution is 0.0251. The number of carbonyl (C=O) groups is 2. The summed E-state index contributed by atoms with van der Waals surface area (Å²) < 4.78 is 12.1. The van der Waals surface area contributed by atoms with Gasteiger partial charge in [-0.2, -0.15) is 0 Å². The molecule has 0 radical (unpaired) electrons. The van der Waals surface area contributed by atoms with Crippen molar-refractivity contribution in [3.05, 3.63) is 18.7 Å². The molecule has 0 aromatic carbocycles. The highest BCUT2D eigenvalue weighted by Gasteiger charge is 2.28. The molecule has 1 amide bonds. The van der Waals surface area contributed by atoms with Gasteiger partial charge in [0.2, 0.25) is 0 Å². The number of nitrogens with one attached hydrogen (secondary N) is 1. The van der Waals surface area contributed by atoms with Gasteiger partial charge in [0.25, 0.3) is 0 Å². The van der Waals surface area contributed by atoms with E-state index in [9.17, 15) is 9.59 Å². The number of carbonyl (C=O) groups excluding carboxylic acids is 2. The van der Waals surface area contributed by atoms with Crippen molar-refractivity contribution in [1.82, 2.24) is 14.9 Å². The van der Waals surface area contributed by atoms with Crippen LogP contribution in [0.2, 0.25) is 0 Å². The van der Waals surface area contributed by atoms with E-state index in [0.29, 0.717) is 6.54 Å². The third-order valence-electron chi connectivity index (χ3n) is 3.49. The van der Waals surface area contributed by atoms with Crippen LogP contribution in [0.15, 0.2) is 18.7 Å². The Labute approximate surface area is 150 Å². The number of hydrogen-bond donors (Lipinski definition) is 1. The fraction of sp³-hybridized carbons (Fsp3) is 0.722. The van der Waals surface area contributed by atoms with Crippen LogP contribution in [0.1, 0.15) is 60.8 Å². The van der Waals surface area contributed by atoms with Crippen LogP contribution in [0.5, 0.6) is 0 Å². The minimum Gasteiger partial charge on any atom is -0.445 e. The van der Waals surface area contributed by atoms with Gasteiger partial charge in [0.05, 0.1) is 0 Å². The van der Waals surface area contributed by atoms with Gasteiger partial charge in [-0.1, -0.05) is 20.8 Å². The van der Waals surface area contributed by atoms with Crippen molar-refractivity contribution < 1.29 is 19.1 Å². The van der Waals surface area contributed by atoms with E-state index in [-0.39, 0.29) is 11.5 Å². The number of unbranched alkanes of at least 4 members (excludes halogenated alkanes) is 1. The number of ether oxygens (including phenoxy) is 2. The molecule has 142 valence electrons. The number of rotatable bonds is 6. The molecule has 0 unspecified atom stereocenters. The highest BCUT2D eigenvalue weighted by molar-refractivity contribution is 5.70. The summed E-state index contributed by atoms with van der Waals surface area (Å²) in [6.07, 6.45) is 5.80. The smallest absolute Gasteiger partial charge is 0.419 e. The van der Waals surface area contributed by atoms with Crippen LogP contribution in [0.3, 0.4) is 0 Å². The van der Waals surface area contributed by atoms with E-state index in [4.69, 9.17) is 9.47 Å². The van der Waals surface area contributed by atoms with Crippen LogP contribution in [0.4, 0.5) is 9.59 Å². The Bertz CT molecular complexity index is 542. The summed E-state index contributed by atoms with van der Waals surface area (Å²) >= 11 is 0. The molecule has 1 heterocycles. The molecular weight excluding hydrogens is 322 g/mol. The van der Waals surface area contributed by atoms with Gasteiger partial charge >= 0.3 is 12.2 Å². The predicted octanol–water partition coefficient (Wildman–Crippen LogP) is 3.98. The van der Waals surface area contributed by atoms with Crippen LogP contribution >= 0.6 is 0 Å². The maximum absolute atomic E-state index is 12.1. The fourth-order valence-corrected chi connectivity index (χ4v) is 2.18. The largest absolute Gasteiger partial charge is 0.445 e. The summed E-state index contributed by atoms with van der Waals surface area (Å²) in [5, 5.41) is 2.73. The monoisotopic (exact) mass is 353 g/mol. The van der Waals surface area contributed by atoms with E-state index >= 15 is 0 Å². The standard InChI is InChI=1S/C18H31N3O4/c1-17(2,3)14(24-16(23)21-12-11-19-13-21)9-7-8-10-20-15(22)25-18(4,5)6/h11-14H,7-10H2,1-6H3,(H,20,22)/t14-/m0/s1. The van der Waals surface area contributed by atoms with E-state index in [1.54, 1.807) is 6.20 Å². The zero-order valence-electron chi connectivity index (χ0n) is 16.2. The van der Waals surface area contributed by atoms with Crippen molar-refractivity contribution in [1.29, 1.82) is 0 Å². The van der Waals surface area contributed by atoms with Crippen molar-refractivity contribution in [3.63, 3.8) is 0 Å². The average Bonchev–Trinajstić information content (AvgIpc) is 2.96. The van der Waals surface area contributed by atoms with Gasteiger partial charge < -0.3 is 14.8 Å². The van der Waals surface area contributed by atoms with Crippen molar-refractivity contribution in [2.45, 2.75) is 72.5 Å². The zero-order valence-corrected chi connectivity index (χ0v) is 16.2. The molecule has 1 rings (SSSR count). The van der Waals surface area contributed by atoms with Crippen molar-refractivity contribution in [2.75, 3.05) is 6.54 Å². The third-order valence-corrected chi connectivity index (χ3v) is 3.49. The first-order valence-electron chi connectivity index (χ1n) is 8.65. The van der Waals surface area contributed by atoms with Crippen LogP contribution in [0.25, 0.3) is 0 Å². The molecule has 0 bridgehead atoms. The second-order valence-electron chi connectivity index (χ2n) is 8.13. The van der Waals surface area contributed by atoms with Crippen LogP contribution < -0.4 is 5.32 Å². The Kier molecular flexibility index (Phi) is 7.45. The Morgan fingerprint density at radius 2 is 1.84 bits per heavy atom. The molecule has 0 aliphatic carbocycles. The highest BCUT2D eigenvalue weighted by Crippen LogP contribution is 2.27. The zero-order chi connectivity index (χ0) is 19.1. The summed E-state index contributed by atoms with van der Waals surface area (Å²) in [5.74, 6) is 0. The second kappa shape index (κ2) is 8.87. The topological polar surface area (TPSA) is 82.5 Å². The van der Waals surface area contributed by atoms with Gasteiger partial charge in [0.1, 0.15) is 18.0 Å². The Hall–Kier alpha value is -2.05. The maximum atomic E-state index is 12.1. The lowest BCUT2D eigenvalue weighted by Gasteiger charge is -2.30. The van der Waals surface area contributed by atoms with E-state index in [2.05, 4.69) is 10.3 Å². The molecular formula is C18H31N3O4. The summed E-state index contributed by atoms with van der Waals surface area (Å²) in [6.45, 7) is 12.1. The molecule has 7 heteroatoms. The van der Waals surface area contributed by atoms with Crippen molar-refractivity contribution in [2.24, 2.45) is 5.41 Å². The van der Waals surface area contributed by atoms with Crippen LogP contribution in [-0.2, 0) is 9.47 Å².